The molecule has 17 heavy (non-hydrogen) atoms. The SMILES string of the molecule is C=C(C)C(=O)CC12CCCC(CC(C)(O)C1)C2. The number of hydrogen-bond acceptors (Lipinski definition) is 2. The van der Waals surface area contributed by atoms with Gasteiger partial charge in [0, 0.05) is 6.42 Å². The van der Waals surface area contributed by atoms with Crippen LogP contribution in [0.4, 0.5) is 0 Å². The maximum atomic E-state index is 11.9. The summed E-state index contributed by atoms with van der Waals surface area (Å²) in [7, 11) is 0. The second kappa shape index (κ2) is 4.24. The molecule has 0 saturated heterocycles. The van der Waals surface area contributed by atoms with E-state index in [1.165, 1.54) is 12.8 Å². The molecule has 2 aliphatic carbocycles. The Morgan fingerprint density at radius 3 is 2.82 bits per heavy atom. The molecule has 3 unspecified atom stereocenters. The van der Waals surface area contributed by atoms with Crippen molar-refractivity contribution in [2.45, 2.75) is 64.4 Å². The predicted octanol–water partition coefficient (Wildman–Crippen LogP) is 3.24. The molecule has 0 heterocycles. The van der Waals surface area contributed by atoms with Gasteiger partial charge in [-0.05, 0) is 56.4 Å². The van der Waals surface area contributed by atoms with Gasteiger partial charge in [0.1, 0.15) is 0 Å². The fraction of sp³-hybridized carbons (Fsp3) is 0.800. The van der Waals surface area contributed by atoms with E-state index in [0.717, 1.165) is 25.7 Å². The highest BCUT2D eigenvalue weighted by molar-refractivity contribution is 5.94. The van der Waals surface area contributed by atoms with Crippen LogP contribution in [0.1, 0.15) is 58.8 Å². The molecule has 2 fully saturated rings. The van der Waals surface area contributed by atoms with E-state index in [-0.39, 0.29) is 11.2 Å². The minimum Gasteiger partial charge on any atom is -0.390 e. The Labute approximate surface area is 104 Å². The van der Waals surface area contributed by atoms with Crippen molar-refractivity contribution in [3.63, 3.8) is 0 Å². The van der Waals surface area contributed by atoms with E-state index in [9.17, 15) is 9.90 Å². The Balaban J connectivity index is 2.16. The van der Waals surface area contributed by atoms with Gasteiger partial charge in [0.2, 0.25) is 0 Å². The number of carbonyl (C=O) groups is 1. The van der Waals surface area contributed by atoms with Gasteiger partial charge in [-0.2, -0.15) is 0 Å². The molecule has 0 aromatic carbocycles. The van der Waals surface area contributed by atoms with E-state index in [1.54, 1.807) is 6.92 Å². The van der Waals surface area contributed by atoms with E-state index in [0.29, 0.717) is 17.9 Å². The monoisotopic (exact) mass is 236 g/mol. The molecule has 3 atom stereocenters. The maximum Gasteiger partial charge on any atom is 0.158 e. The molecule has 2 aliphatic rings. The van der Waals surface area contributed by atoms with Crippen molar-refractivity contribution >= 4 is 5.78 Å². The summed E-state index contributed by atoms with van der Waals surface area (Å²) in [5.74, 6) is 0.800. The molecular formula is C15H24O2. The van der Waals surface area contributed by atoms with Crippen LogP contribution in [0, 0.1) is 11.3 Å². The lowest BCUT2D eigenvalue weighted by atomic mass is 9.56. The van der Waals surface area contributed by atoms with Crippen LogP contribution in [0.3, 0.4) is 0 Å². The molecule has 0 aromatic rings. The molecule has 0 aromatic heterocycles. The number of rotatable bonds is 3. The van der Waals surface area contributed by atoms with Crippen LogP contribution in [-0.2, 0) is 4.79 Å². The first-order chi connectivity index (χ1) is 7.82. The quantitative estimate of drug-likeness (QED) is 0.764. The van der Waals surface area contributed by atoms with Crippen LogP contribution < -0.4 is 0 Å². The lowest BCUT2D eigenvalue weighted by Gasteiger charge is -2.50. The fourth-order valence-corrected chi connectivity index (χ4v) is 4.13. The Morgan fingerprint density at radius 2 is 2.18 bits per heavy atom. The average molecular weight is 236 g/mol. The third-order valence-electron chi connectivity index (χ3n) is 4.54. The molecule has 2 heteroatoms. The summed E-state index contributed by atoms with van der Waals surface area (Å²) < 4.78 is 0. The van der Waals surface area contributed by atoms with Gasteiger partial charge in [-0.25, -0.2) is 0 Å². The molecule has 0 amide bonds. The number of allylic oxidation sites excluding steroid dienone is 1. The summed E-state index contributed by atoms with van der Waals surface area (Å²) in [6, 6.07) is 0. The van der Waals surface area contributed by atoms with Crippen molar-refractivity contribution in [2.24, 2.45) is 11.3 Å². The van der Waals surface area contributed by atoms with Gasteiger partial charge in [0.05, 0.1) is 5.60 Å². The summed E-state index contributed by atoms with van der Waals surface area (Å²) >= 11 is 0. The van der Waals surface area contributed by atoms with E-state index < -0.39 is 5.60 Å². The summed E-state index contributed by atoms with van der Waals surface area (Å²) in [4.78, 5) is 11.9. The zero-order valence-electron chi connectivity index (χ0n) is 11.1. The fourth-order valence-electron chi connectivity index (χ4n) is 4.13. The molecule has 1 N–H and O–H groups in total. The van der Waals surface area contributed by atoms with Crippen LogP contribution in [0.5, 0.6) is 0 Å². The minimum absolute atomic E-state index is 0.0562. The minimum atomic E-state index is -0.571. The number of hydrogen-bond donors (Lipinski definition) is 1. The Kier molecular flexibility index (Phi) is 3.19. The lowest BCUT2D eigenvalue weighted by molar-refractivity contribution is -0.124. The number of ketones is 1. The third-order valence-corrected chi connectivity index (χ3v) is 4.54. The number of Topliss-reactive ketones (excluding diaryl/α,β-unsaturated/α-hetero) is 1. The first-order valence-corrected chi connectivity index (χ1v) is 6.73. The molecular weight excluding hydrogens is 212 g/mol. The maximum absolute atomic E-state index is 11.9. The Hall–Kier alpha value is -0.630. The Morgan fingerprint density at radius 1 is 1.47 bits per heavy atom. The molecule has 0 aliphatic heterocycles. The molecule has 0 spiro atoms. The highest BCUT2D eigenvalue weighted by atomic mass is 16.3. The average Bonchev–Trinajstić information content (AvgIpc) is 2.13. The van der Waals surface area contributed by atoms with E-state index >= 15 is 0 Å². The van der Waals surface area contributed by atoms with Gasteiger partial charge in [-0.3, -0.25) is 4.79 Å². The van der Waals surface area contributed by atoms with Crippen LogP contribution in [0.2, 0.25) is 0 Å². The standard InChI is InChI=1S/C15H24O2/c1-11(2)13(16)9-15-6-4-5-12(8-15)7-14(3,17)10-15/h12,17H,1,4-10H2,2-3H3. The van der Waals surface area contributed by atoms with E-state index in [4.69, 9.17) is 0 Å². The predicted molar refractivity (Wildman–Crippen MR) is 68.7 cm³/mol. The number of carbonyl (C=O) groups excluding carboxylic acids is 1. The molecule has 0 radical (unpaired) electrons. The van der Waals surface area contributed by atoms with Crippen LogP contribution >= 0.6 is 0 Å². The van der Waals surface area contributed by atoms with Crippen molar-refractivity contribution in [3.05, 3.63) is 12.2 Å². The zero-order chi connectivity index (χ0) is 12.7. The topological polar surface area (TPSA) is 37.3 Å². The normalized spacial score (nSPS) is 41.0. The van der Waals surface area contributed by atoms with Gasteiger partial charge in [-0.1, -0.05) is 19.4 Å². The number of aliphatic hydroxyl groups is 1. The van der Waals surface area contributed by atoms with Crippen molar-refractivity contribution in [1.29, 1.82) is 0 Å². The summed E-state index contributed by atoms with van der Waals surface area (Å²) in [6.07, 6.45) is 6.95. The zero-order valence-corrected chi connectivity index (χ0v) is 11.1. The van der Waals surface area contributed by atoms with Gasteiger partial charge in [0.15, 0.2) is 5.78 Å². The second-order valence-electron chi connectivity index (χ2n) is 6.72. The van der Waals surface area contributed by atoms with Crippen LogP contribution in [0.15, 0.2) is 12.2 Å². The first-order valence-electron chi connectivity index (χ1n) is 6.73. The van der Waals surface area contributed by atoms with Gasteiger partial charge in [-0.15, -0.1) is 0 Å². The highest BCUT2D eigenvalue weighted by Crippen LogP contribution is 2.54. The second-order valence-corrected chi connectivity index (χ2v) is 6.72. The van der Waals surface area contributed by atoms with E-state index in [1.807, 2.05) is 6.92 Å². The highest BCUT2D eigenvalue weighted by Gasteiger charge is 2.47. The van der Waals surface area contributed by atoms with Crippen molar-refractivity contribution in [1.82, 2.24) is 0 Å². The van der Waals surface area contributed by atoms with Gasteiger partial charge < -0.3 is 5.11 Å². The van der Waals surface area contributed by atoms with Gasteiger partial charge >= 0.3 is 0 Å². The molecule has 96 valence electrons. The number of fused-ring (bicyclic) bond motifs is 2. The van der Waals surface area contributed by atoms with Crippen molar-refractivity contribution in [3.8, 4) is 0 Å². The lowest BCUT2D eigenvalue weighted by Crippen LogP contribution is -2.46. The summed E-state index contributed by atoms with van der Waals surface area (Å²) in [5, 5.41) is 10.4. The smallest absolute Gasteiger partial charge is 0.158 e. The molecule has 2 bridgehead atoms. The largest absolute Gasteiger partial charge is 0.390 e. The summed E-state index contributed by atoms with van der Waals surface area (Å²) in [5.41, 5.74) is 0.145. The molecule has 2 rings (SSSR count). The summed E-state index contributed by atoms with van der Waals surface area (Å²) in [6.45, 7) is 7.47. The first kappa shape index (κ1) is 12.8. The van der Waals surface area contributed by atoms with Crippen LogP contribution in [-0.4, -0.2) is 16.5 Å². The third kappa shape index (κ3) is 2.79. The Bertz CT molecular complexity index is 343. The van der Waals surface area contributed by atoms with E-state index in [2.05, 4.69) is 6.58 Å². The molecule has 2 saturated carbocycles. The van der Waals surface area contributed by atoms with Crippen molar-refractivity contribution < 1.29 is 9.90 Å². The van der Waals surface area contributed by atoms with Crippen molar-refractivity contribution in [2.75, 3.05) is 0 Å². The molecule has 2 nitrogen and oxygen atoms in total. The van der Waals surface area contributed by atoms with Crippen LogP contribution in [0.25, 0.3) is 0 Å². The van der Waals surface area contributed by atoms with Gasteiger partial charge in [0.25, 0.3) is 0 Å².